The molecule has 0 saturated carbocycles. The van der Waals surface area contributed by atoms with Crippen LogP contribution < -0.4 is 5.73 Å². The van der Waals surface area contributed by atoms with Crippen molar-refractivity contribution >= 4 is 0 Å². The Morgan fingerprint density at radius 2 is 2.00 bits per heavy atom. The van der Waals surface area contributed by atoms with Gasteiger partial charge in [0, 0.05) is 31.8 Å². The zero-order valence-corrected chi connectivity index (χ0v) is 11.0. The topological polar surface area (TPSA) is 38.5 Å². The number of methoxy groups -OCH3 is 1. The van der Waals surface area contributed by atoms with E-state index in [9.17, 15) is 0 Å². The Morgan fingerprint density at radius 1 is 1.40 bits per heavy atom. The second kappa shape index (κ2) is 7.20. The van der Waals surface area contributed by atoms with Gasteiger partial charge in [-0.25, -0.2) is 0 Å². The summed E-state index contributed by atoms with van der Waals surface area (Å²) in [6.45, 7) is 11.4. The van der Waals surface area contributed by atoms with Gasteiger partial charge in [-0.15, -0.1) is 0 Å². The summed E-state index contributed by atoms with van der Waals surface area (Å²) in [6, 6.07) is 0.584. The van der Waals surface area contributed by atoms with Gasteiger partial charge in [0.2, 0.25) is 0 Å². The predicted molar refractivity (Wildman–Crippen MR) is 66.1 cm³/mol. The normalized spacial score (nSPS) is 17.8. The van der Waals surface area contributed by atoms with Gasteiger partial charge in [-0.05, 0) is 33.2 Å². The van der Waals surface area contributed by atoms with E-state index in [2.05, 4.69) is 32.6 Å². The molecule has 0 spiro atoms. The average Bonchev–Trinajstić information content (AvgIpc) is 2.26. The molecule has 0 aliphatic heterocycles. The van der Waals surface area contributed by atoms with E-state index in [1.54, 1.807) is 7.11 Å². The highest BCUT2D eigenvalue weighted by Crippen LogP contribution is 2.22. The molecule has 2 N–H and O–H groups in total. The Bertz CT molecular complexity index is 164. The SMILES string of the molecule is CCC(C)N(CC)C(C)(CN)CCOC. The highest BCUT2D eigenvalue weighted by molar-refractivity contribution is 4.89. The van der Waals surface area contributed by atoms with Crippen LogP contribution in [0.15, 0.2) is 0 Å². The lowest BCUT2D eigenvalue weighted by Gasteiger charge is -2.43. The van der Waals surface area contributed by atoms with Crippen LogP contribution in [0, 0.1) is 0 Å². The third-order valence-electron chi connectivity index (χ3n) is 3.44. The minimum Gasteiger partial charge on any atom is -0.385 e. The minimum atomic E-state index is 0.0696. The van der Waals surface area contributed by atoms with Gasteiger partial charge in [0.1, 0.15) is 0 Å². The Morgan fingerprint density at radius 3 is 2.33 bits per heavy atom. The third-order valence-corrected chi connectivity index (χ3v) is 3.44. The maximum Gasteiger partial charge on any atom is 0.0480 e. The van der Waals surface area contributed by atoms with Gasteiger partial charge in [-0.1, -0.05) is 13.8 Å². The van der Waals surface area contributed by atoms with Gasteiger partial charge < -0.3 is 10.5 Å². The lowest BCUT2D eigenvalue weighted by Crippen LogP contribution is -2.55. The smallest absolute Gasteiger partial charge is 0.0480 e. The first-order chi connectivity index (χ1) is 7.05. The molecule has 15 heavy (non-hydrogen) atoms. The first-order valence-electron chi connectivity index (χ1n) is 6.01. The van der Waals surface area contributed by atoms with Gasteiger partial charge in [0.05, 0.1) is 0 Å². The van der Waals surface area contributed by atoms with Crippen molar-refractivity contribution in [1.29, 1.82) is 0 Å². The molecule has 3 nitrogen and oxygen atoms in total. The Balaban J connectivity index is 4.55. The van der Waals surface area contributed by atoms with E-state index in [-0.39, 0.29) is 5.54 Å². The van der Waals surface area contributed by atoms with Gasteiger partial charge in [0.15, 0.2) is 0 Å². The van der Waals surface area contributed by atoms with Crippen LogP contribution in [0.2, 0.25) is 0 Å². The van der Waals surface area contributed by atoms with Crippen molar-refractivity contribution in [2.24, 2.45) is 5.73 Å². The number of nitrogens with zero attached hydrogens (tertiary/aromatic N) is 1. The molecule has 0 amide bonds. The highest BCUT2D eigenvalue weighted by atomic mass is 16.5. The van der Waals surface area contributed by atoms with Crippen LogP contribution in [0.3, 0.4) is 0 Å². The molecule has 0 radical (unpaired) electrons. The summed E-state index contributed by atoms with van der Waals surface area (Å²) >= 11 is 0. The van der Waals surface area contributed by atoms with E-state index in [4.69, 9.17) is 10.5 Å². The van der Waals surface area contributed by atoms with E-state index in [0.29, 0.717) is 12.6 Å². The lowest BCUT2D eigenvalue weighted by atomic mass is 9.93. The van der Waals surface area contributed by atoms with Crippen molar-refractivity contribution in [3.63, 3.8) is 0 Å². The molecule has 0 saturated heterocycles. The van der Waals surface area contributed by atoms with E-state index < -0.39 is 0 Å². The zero-order valence-electron chi connectivity index (χ0n) is 11.0. The molecule has 0 heterocycles. The fourth-order valence-electron chi connectivity index (χ4n) is 2.13. The fourth-order valence-corrected chi connectivity index (χ4v) is 2.13. The average molecular weight is 216 g/mol. The third kappa shape index (κ3) is 4.09. The molecule has 3 heteroatoms. The second-order valence-corrected chi connectivity index (χ2v) is 4.49. The molecule has 0 aromatic rings. The van der Waals surface area contributed by atoms with Crippen molar-refractivity contribution in [3.05, 3.63) is 0 Å². The summed E-state index contributed by atoms with van der Waals surface area (Å²) in [5.74, 6) is 0. The fraction of sp³-hybridized carbons (Fsp3) is 1.00. The van der Waals surface area contributed by atoms with Crippen LogP contribution in [0.5, 0.6) is 0 Å². The molecule has 92 valence electrons. The molecule has 0 fully saturated rings. The standard InChI is InChI=1S/C12H28N2O/c1-6-11(3)14(7-2)12(4,10-13)8-9-15-5/h11H,6-10,13H2,1-5H3. The number of hydrogen-bond donors (Lipinski definition) is 1. The summed E-state index contributed by atoms with van der Waals surface area (Å²) in [5, 5.41) is 0. The summed E-state index contributed by atoms with van der Waals surface area (Å²) in [4.78, 5) is 2.49. The molecule has 2 atom stereocenters. The van der Waals surface area contributed by atoms with Crippen LogP contribution in [-0.4, -0.2) is 43.3 Å². The van der Waals surface area contributed by atoms with Gasteiger partial charge in [0.25, 0.3) is 0 Å². The van der Waals surface area contributed by atoms with Gasteiger partial charge >= 0.3 is 0 Å². The molecule has 0 aliphatic rings. The van der Waals surface area contributed by atoms with Crippen LogP contribution in [0.1, 0.15) is 40.5 Å². The maximum atomic E-state index is 5.92. The first kappa shape index (κ1) is 14.9. The second-order valence-electron chi connectivity index (χ2n) is 4.49. The number of nitrogens with two attached hydrogens (primary N) is 1. The van der Waals surface area contributed by atoms with Gasteiger partial charge in [-0.2, -0.15) is 0 Å². The zero-order chi connectivity index (χ0) is 11.9. The number of likely N-dealkylation sites (N-methyl/N-ethyl adjacent to an activating group) is 1. The molecular weight excluding hydrogens is 188 g/mol. The van der Waals surface area contributed by atoms with Crippen LogP contribution in [0.4, 0.5) is 0 Å². The monoisotopic (exact) mass is 216 g/mol. The molecule has 0 aromatic heterocycles. The summed E-state index contributed by atoms with van der Waals surface area (Å²) in [7, 11) is 1.75. The molecule has 0 aliphatic carbocycles. The molecule has 2 unspecified atom stereocenters. The van der Waals surface area contributed by atoms with E-state index in [1.165, 1.54) is 0 Å². The predicted octanol–water partition coefficient (Wildman–Crippen LogP) is 1.86. The van der Waals surface area contributed by atoms with Crippen LogP contribution in [0.25, 0.3) is 0 Å². The summed E-state index contributed by atoms with van der Waals surface area (Å²) < 4.78 is 5.17. The largest absolute Gasteiger partial charge is 0.385 e. The number of hydrogen-bond acceptors (Lipinski definition) is 3. The van der Waals surface area contributed by atoms with Crippen molar-refractivity contribution in [2.75, 3.05) is 26.8 Å². The molecule has 0 rings (SSSR count). The van der Waals surface area contributed by atoms with Crippen LogP contribution in [-0.2, 0) is 4.74 Å². The Hall–Kier alpha value is -0.120. The Kier molecular flexibility index (Phi) is 7.14. The van der Waals surface area contributed by atoms with E-state index >= 15 is 0 Å². The Labute approximate surface area is 95.0 Å². The van der Waals surface area contributed by atoms with Crippen molar-refractivity contribution < 1.29 is 4.74 Å². The van der Waals surface area contributed by atoms with Gasteiger partial charge in [-0.3, -0.25) is 4.90 Å². The first-order valence-corrected chi connectivity index (χ1v) is 6.01. The maximum absolute atomic E-state index is 5.92. The summed E-state index contributed by atoms with van der Waals surface area (Å²) in [6.07, 6.45) is 2.16. The molecular formula is C12H28N2O. The van der Waals surface area contributed by atoms with E-state index in [0.717, 1.165) is 26.0 Å². The van der Waals surface area contributed by atoms with Crippen molar-refractivity contribution in [2.45, 2.75) is 52.1 Å². The van der Waals surface area contributed by atoms with Crippen LogP contribution >= 0.6 is 0 Å². The molecule has 0 bridgehead atoms. The lowest BCUT2D eigenvalue weighted by molar-refractivity contribution is 0.0420. The number of ether oxygens (including phenoxy) is 1. The number of rotatable bonds is 8. The van der Waals surface area contributed by atoms with Crippen molar-refractivity contribution in [3.8, 4) is 0 Å². The minimum absolute atomic E-state index is 0.0696. The quantitative estimate of drug-likeness (QED) is 0.673. The van der Waals surface area contributed by atoms with E-state index in [1.807, 2.05) is 0 Å². The van der Waals surface area contributed by atoms with Crippen molar-refractivity contribution in [1.82, 2.24) is 4.90 Å². The molecule has 0 aromatic carbocycles. The summed E-state index contributed by atoms with van der Waals surface area (Å²) in [5.41, 5.74) is 5.99. The highest BCUT2D eigenvalue weighted by Gasteiger charge is 2.31.